The molecule has 1 amide bonds. The largest absolute Gasteiger partial charge is 0.489 e. The lowest BCUT2D eigenvalue weighted by Gasteiger charge is -2.17. The normalized spacial score (nSPS) is 18.9. The number of carbonyl (C=O) groups is 2. The summed E-state index contributed by atoms with van der Waals surface area (Å²) >= 11 is 0. The summed E-state index contributed by atoms with van der Waals surface area (Å²) in [5.41, 5.74) is 2.69. The van der Waals surface area contributed by atoms with Gasteiger partial charge in [-0.25, -0.2) is 9.78 Å². The maximum Gasteiger partial charge on any atom is 0.387 e. The molecule has 40 heavy (non-hydrogen) atoms. The van der Waals surface area contributed by atoms with E-state index in [0.29, 0.717) is 31.2 Å². The van der Waals surface area contributed by atoms with Crippen molar-refractivity contribution < 1.29 is 32.6 Å². The number of likely N-dealkylation sites (tertiary alicyclic amines) is 1. The van der Waals surface area contributed by atoms with Gasteiger partial charge in [-0.3, -0.25) is 9.69 Å². The lowest BCUT2D eigenvalue weighted by molar-refractivity contribution is -0.139. The van der Waals surface area contributed by atoms with E-state index in [0.717, 1.165) is 24.0 Å². The second-order valence-electron chi connectivity index (χ2n) is 10.3. The van der Waals surface area contributed by atoms with Gasteiger partial charge >= 0.3 is 12.6 Å². The summed E-state index contributed by atoms with van der Waals surface area (Å²) in [7, 11) is 1.82. The Kier molecular flexibility index (Phi) is 8.25. The lowest BCUT2D eigenvalue weighted by Crippen LogP contribution is -2.36. The third kappa shape index (κ3) is 6.93. The first-order valence-electron chi connectivity index (χ1n) is 13.2. The Morgan fingerprint density at radius 3 is 2.58 bits per heavy atom. The topological polar surface area (TPSA) is 90.0 Å². The van der Waals surface area contributed by atoms with Gasteiger partial charge in [0.05, 0.1) is 6.61 Å². The molecule has 10 heteroatoms. The molecule has 5 rings (SSSR count). The maximum absolute atomic E-state index is 13.1. The molecule has 2 aromatic carbocycles. The predicted octanol–water partition coefficient (Wildman–Crippen LogP) is 5.43. The Balaban J connectivity index is 1.23. The van der Waals surface area contributed by atoms with E-state index >= 15 is 0 Å². The molecule has 1 aromatic heterocycles. The molecule has 2 heterocycles. The molecule has 0 bridgehead atoms. The fourth-order valence-corrected chi connectivity index (χ4v) is 4.69. The van der Waals surface area contributed by atoms with Crippen molar-refractivity contribution in [2.24, 2.45) is 5.92 Å². The summed E-state index contributed by atoms with van der Waals surface area (Å²) in [4.78, 5) is 31.9. The highest BCUT2D eigenvalue weighted by Gasteiger charge is 2.37. The number of halogens is 2. The summed E-state index contributed by atoms with van der Waals surface area (Å²) in [6.07, 6.45) is 2.59. The Bertz CT molecular complexity index is 1360. The van der Waals surface area contributed by atoms with E-state index in [-0.39, 0.29) is 29.0 Å². The smallest absolute Gasteiger partial charge is 0.387 e. The minimum Gasteiger partial charge on any atom is -0.489 e. The molecule has 0 spiro atoms. The molecule has 1 saturated heterocycles. The number of esters is 1. The van der Waals surface area contributed by atoms with Crippen LogP contribution in [0.25, 0.3) is 0 Å². The fraction of sp³-hybridized carbons (Fsp3) is 0.367. The number of anilines is 1. The standard InChI is InChI=1S/C30H31F2N3O5/c1-18-6-11-22(12-7-18)33-28(36)23-4-3-5-27(34-23)40-29(37)24-14-21(16-35(24)2)20-10-13-25(39-30(31)32)26(15-20)38-17-19-8-9-19/h3-7,10-13,15,19,21,24,30H,8-9,14,16-17H2,1-2H3,(H,33,36)/t21-,24-/m1/s1. The zero-order valence-electron chi connectivity index (χ0n) is 22.3. The Morgan fingerprint density at radius 1 is 1.07 bits per heavy atom. The predicted molar refractivity (Wildman–Crippen MR) is 144 cm³/mol. The summed E-state index contributed by atoms with van der Waals surface area (Å²) in [5.74, 6) is -0.202. The number of ether oxygens (including phenoxy) is 3. The monoisotopic (exact) mass is 551 g/mol. The molecule has 1 aliphatic carbocycles. The zero-order valence-corrected chi connectivity index (χ0v) is 22.3. The molecule has 8 nitrogen and oxygen atoms in total. The third-order valence-electron chi connectivity index (χ3n) is 7.12. The van der Waals surface area contributed by atoms with Crippen LogP contribution in [-0.4, -0.2) is 54.6 Å². The van der Waals surface area contributed by atoms with Crippen molar-refractivity contribution in [3.8, 4) is 17.4 Å². The number of amides is 1. The number of hydrogen-bond acceptors (Lipinski definition) is 7. The van der Waals surface area contributed by atoms with Gasteiger partial charge in [-0.2, -0.15) is 8.78 Å². The van der Waals surface area contributed by atoms with Gasteiger partial charge in [0.15, 0.2) is 11.5 Å². The molecule has 2 aliphatic rings. The third-order valence-corrected chi connectivity index (χ3v) is 7.12. The summed E-state index contributed by atoms with van der Waals surface area (Å²) in [6, 6.07) is 16.4. The van der Waals surface area contributed by atoms with E-state index in [4.69, 9.17) is 9.47 Å². The van der Waals surface area contributed by atoms with Crippen molar-refractivity contribution in [1.29, 1.82) is 0 Å². The molecular formula is C30H31F2N3O5. The number of likely N-dealkylation sites (N-methyl/N-ethyl adjacent to an activating group) is 1. The molecule has 0 unspecified atom stereocenters. The molecule has 2 atom stereocenters. The SMILES string of the molecule is Cc1ccc(NC(=O)c2cccc(OC(=O)[C@H]3C[C@@H](c4ccc(OC(F)F)c(OCC5CC5)c4)CN3C)n2)cc1. The van der Waals surface area contributed by atoms with Gasteiger partial charge in [0, 0.05) is 18.3 Å². The molecule has 0 radical (unpaired) electrons. The van der Waals surface area contributed by atoms with Gasteiger partial charge in [0.25, 0.3) is 5.91 Å². The number of benzene rings is 2. The van der Waals surface area contributed by atoms with Gasteiger partial charge in [0.1, 0.15) is 11.7 Å². The highest BCUT2D eigenvalue weighted by atomic mass is 19.3. The highest BCUT2D eigenvalue weighted by molar-refractivity contribution is 6.03. The van der Waals surface area contributed by atoms with Crippen LogP contribution in [0.1, 0.15) is 46.8 Å². The van der Waals surface area contributed by atoms with Crippen molar-refractivity contribution in [2.45, 2.75) is 44.8 Å². The molecule has 2 fully saturated rings. The Morgan fingerprint density at radius 2 is 1.85 bits per heavy atom. The van der Waals surface area contributed by atoms with Crippen LogP contribution in [0.2, 0.25) is 0 Å². The van der Waals surface area contributed by atoms with Gasteiger partial charge in [0.2, 0.25) is 5.88 Å². The number of alkyl halides is 2. The highest BCUT2D eigenvalue weighted by Crippen LogP contribution is 2.38. The van der Waals surface area contributed by atoms with Gasteiger partial charge in [-0.15, -0.1) is 0 Å². The van der Waals surface area contributed by atoms with Crippen LogP contribution in [0.5, 0.6) is 17.4 Å². The van der Waals surface area contributed by atoms with Crippen molar-refractivity contribution in [3.05, 3.63) is 77.5 Å². The minimum absolute atomic E-state index is 0.000849. The minimum atomic E-state index is -2.95. The van der Waals surface area contributed by atoms with Gasteiger partial charge in [-0.05, 0) is 81.0 Å². The first-order chi connectivity index (χ1) is 19.2. The number of carbonyl (C=O) groups excluding carboxylic acids is 2. The number of pyridine rings is 1. The molecule has 210 valence electrons. The molecule has 1 saturated carbocycles. The fourth-order valence-electron chi connectivity index (χ4n) is 4.69. The summed E-state index contributed by atoms with van der Waals surface area (Å²) in [6.45, 7) is 0.0193. The van der Waals surface area contributed by atoms with E-state index in [1.54, 1.807) is 36.4 Å². The van der Waals surface area contributed by atoms with E-state index < -0.39 is 24.5 Å². The summed E-state index contributed by atoms with van der Waals surface area (Å²) in [5, 5.41) is 2.78. The van der Waals surface area contributed by atoms with Crippen LogP contribution in [-0.2, 0) is 4.79 Å². The zero-order chi connectivity index (χ0) is 28.2. The van der Waals surface area contributed by atoms with Crippen LogP contribution in [0.3, 0.4) is 0 Å². The molecule has 1 aliphatic heterocycles. The van der Waals surface area contributed by atoms with Crippen molar-refractivity contribution in [2.75, 3.05) is 25.5 Å². The quantitative estimate of drug-likeness (QED) is 0.336. The van der Waals surface area contributed by atoms with Crippen LogP contribution >= 0.6 is 0 Å². The van der Waals surface area contributed by atoms with E-state index in [1.807, 2.05) is 31.0 Å². The van der Waals surface area contributed by atoms with E-state index in [1.165, 1.54) is 12.1 Å². The van der Waals surface area contributed by atoms with Crippen LogP contribution < -0.4 is 19.5 Å². The number of nitrogens with one attached hydrogen (secondary N) is 1. The second-order valence-corrected chi connectivity index (χ2v) is 10.3. The number of hydrogen-bond donors (Lipinski definition) is 1. The van der Waals surface area contributed by atoms with Crippen molar-refractivity contribution >= 4 is 17.6 Å². The second kappa shape index (κ2) is 12.0. The van der Waals surface area contributed by atoms with Gasteiger partial charge < -0.3 is 19.5 Å². The number of nitrogens with zero attached hydrogens (tertiary/aromatic N) is 2. The number of aryl methyl sites for hydroxylation is 1. The van der Waals surface area contributed by atoms with Crippen LogP contribution in [0.15, 0.2) is 60.7 Å². The number of rotatable bonds is 10. The Hall–Kier alpha value is -4.05. The summed E-state index contributed by atoms with van der Waals surface area (Å²) < 4.78 is 41.8. The maximum atomic E-state index is 13.1. The van der Waals surface area contributed by atoms with E-state index in [9.17, 15) is 18.4 Å². The first-order valence-corrected chi connectivity index (χ1v) is 13.2. The number of aromatic nitrogens is 1. The van der Waals surface area contributed by atoms with Gasteiger partial charge in [-0.1, -0.05) is 29.8 Å². The van der Waals surface area contributed by atoms with E-state index in [2.05, 4.69) is 15.0 Å². The average Bonchev–Trinajstić information content (AvgIpc) is 3.68. The van der Waals surface area contributed by atoms with Crippen molar-refractivity contribution in [3.63, 3.8) is 0 Å². The lowest BCUT2D eigenvalue weighted by atomic mass is 9.96. The first kappa shape index (κ1) is 27.5. The van der Waals surface area contributed by atoms with Crippen LogP contribution in [0.4, 0.5) is 14.5 Å². The average molecular weight is 552 g/mol. The molecule has 1 N–H and O–H groups in total. The Labute approximate surface area is 231 Å². The van der Waals surface area contributed by atoms with Crippen LogP contribution in [0, 0.1) is 12.8 Å². The molecule has 3 aromatic rings. The van der Waals surface area contributed by atoms with Crippen molar-refractivity contribution in [1.82, 2.24) is 9.88 Å². The molecular weight excluding hydrogens is 520 g/mol.